The van der Waals surface area contributed by atoms with E-state index in [1.54, 1.807) is 12.1 Å². The predicted octanol–water partition coefficient (Wildman–Crippen LogP) is 5.42. The number of thiophene rings is 2. The molecule has 2 aromatic heterocycles. The third-order valence-corrected chi connectivity index (χ3v) is 9.85. The normalized spacial score (nSPS) is 24.8. The third-order valence-electron chi connectivity index (χ3n) is 8.49. The van der Waals surface area contributed by atoms with Crippen LogP contribution in [0.15, 0.2) is 57.9 Å². The average Bonchev–Trinajstić information content (AvgIpc) is 3.66. The Morgan fingerprint density at radius 3 is 2.08 bits per heavy atom. The van der Waals surface area contributed by atoms with Crippen LogP contribution in [-0.4, -0.2) is 53.4 Å². The molecule has 3 aromatic rings. The summed E-state index contributed by atoms with van der Waals surface area (Å²) in [7, 11) is 2.34. The molecule has 38 heavy (non-hydrogen) atoms. The molecule has 0 amide bonds. The number of hydrogen-bond donors (Lipinski definition) is 1. The van der Waals surface area contributed by atoms with Crippen molar-refractivity contribution >= 4 is 34.6 Å². The number of nitrogens with zero attached hydrogens (tertiary/aromatic N) is 1. The van der Waals surface area contributed by atoms with Crippen LogP contribution in [0.2, 0.25) is 0 Å². The smallest absolute Gasteiger partial charge is 0.348 e. The number of carbonyl (C=O) groups is 2. The topological polar surface area (TPSA) is 72.8 Å². The molecule has 0 saturated carbocycles. The summed E-state index contributed by atoms with van der Waals surface area (Å²) in [6.07, 6.45) is 4.74. The van der Waals surface area contributed by atoms with E-state index in [1.165, 1.54) is 28.2 Å². The fourth-order valence-electron chi connectivity index (χ4n) is 6.31. The fourth-order valence-corrected chi connectivity index (χ4v) is 7.71. The first-order valence-electron chi connectivity index (χ1n) is 13.4. The number of piperidine rings is 1. The molecular formula is C30H36NO5S2+. The van der Waals surface area contributed by atoms with Gasteiger partial charge in [-0.3, -0.25) is 4.79 Å². The zero-order valence-electron chi connectivity index (χ0n) is 22.0. The van der Waals surface area contributed by atoms with Gasteiger partial charge in [-0.05, 0) is 52.6 Å². The maximum absolute atomic E-state index is 13.5. The molecule has 1 N–H and O–H groups in total. The van der Waals surface area contributed by atoms with Crippen molar-refractivity contribution in [1.29, 1.82) is 0 Å². The first-order chi connectivity index (χ1) is 18.3. The number of benzene rings is 1. The second-order valence-electron chi connectivity index (χ2n) is 10.7. The number of esters is 2. The van der Waals surface area contributed by atoms with Gasteiger partial charge in [0.1, 0.15) is 12.6 Å². The summed E-state index contributed by atoms with van der Waals surface area (Å²) in [6.45, 7) is 3.18. The Hall–Kier alpha value is -2.52. The number of carbonyl (C=O) groups excluding carboxylic acids is 2. The molecular weight excluding hydrogens is 518 g/mol. The summed E-state index contributed by atoms with van der Waals surface area (Å²) in [5.41, 5.74) is 1.78. The molecule has 2 bridgehead atoms. The van der Waals surface area contributed by atoms with E-state index in [-0.39, 0.29) is 12.1 Å². The van der Waals surface area contributed by atoms with Gasteiger partial charge in [0.15, 0.2) is 0 Å². The summed E-state index contributed by atoms with van der Waals surface area (Å²) in [6, 6.07) is 13.0. The summed E-state index contributed by atoms with van der Waals surface area (Å²) in [5, 5.41) is 19.0. The van der Waals surface area contributed by atoms with Gasteiger partial charge in [-0.15, -0.1) is 0 Å². The van der Waals surface area contributed by atoms with Gasteiger partial charge >= 0.3 is 11.9 Å². The van der Waals surface area contributed by atoms with Crippen LogP contribution >= 0.6 is 22.7 Å². The SMILES string of the molecule is CCOC(=O)CCc1ccc(C[N+]2(C)[C@@H]3CC[C@H]2CC(OC(=O)C(O)(c2ccsc2)c2ccsc2)C3)cc1. The second kappa shape index (κ2) is 11.3. The number of quaternary nitrogens is 1. The number of hydrogen-bond acceptors (Lipinski definition) is 7. The van der Waals surface area contributed by atoms with Gasteiger partial charge in [-0.1, -0.05) is 24.3 Å². The maximum atomic E-state index is 13.5. The van der Waals surface area contributed by atoms with E-state index in [4.69, 9.17) is 9.47 Å². The minimum absolute atomic E-state index is 0.154. The molecule has 4 atom stereocenters. The minimum Gasteiger partial charge on any atom is -0.466 e. The molecule has 4 heterocycles. The van der Waals surface area contributed by atoms with Crippen LogP contribution in [-0.2, 0) is 37.6 Å². The van der Waals surface area contributed by atoms with E-state index in [0.29, 0.717) is 42.7 Å². The first kappa shape index (κ1) is 27.1. The van der Waals surface area contributed by atoms with E-state index in [1.807, 2.05) is 28.4 Å². The maximum Gasteiger partial charge on any atom is 0.348 e. The highest BCUT2D eigenvalue weighted by atomic mass is 32.1. The monoisotopic (exact) mass is 554 g/mol. The molecule has 2 saturated heterocycles. The summed E-state index contributed by atoms with van der Waals surface area (Å²) in [4.78, 5) is 25.1. The average molecular weight is 555 g/mol. The summed E-state index contributed by atoms with van der Waals surface area (Å²) >= 11 is 2.92. The van der Waals surface area contributed by atoms with E-state index in [2.05, 4.69) is 31.3 Å². The first-order valence-corrected chi connectivity index (χ1v) is 15.3. The van der Waals surface area contributed by atoms with Crippen LogP contribution in [0.5, 0.6) is 0 Å². The molecule has 0 aliphatic carbocycles. The van der Waals surface area contributed by atoms with Crippen LogP contribution in [0.1, 0.15) is 61.3 Å². The van der Waals surface area contributed by atoms with Crippen molar-refractivity contribution in [3.63, 3.8) is 0 Å². The lowest BCUT2D eigenvalue weighted by atomic mass is 9.89. The Morgan fingerprint density at radius 1 is 0.974 bits per heavy atom. The van der Waals surface area contributed by atoms with Crippen molar-refractivity contribution in [3.05, 3.63) is 80.2 Å². The van der Waals surface area contributed by atoms with Crippen molar-refractivity contribution in [2.75, 3.05) is 13.7 Å². The van der Waals surface area contributed by atoms with Crippen LogP contribution in [0.4, 0.5) is 0 Å². The van der Waals surface area contributed by atoms with Crippen molar-refractivity contribution in [2.24, 2.45) is 0 Å². The van der Waals surface area contributed by atoms with Gasteiger partial charge in [-0.2, -0.15) is 22.7 Å². The van der Waals surface area contributed by atoms with Crippen LogP contribution in [0.25, 0.3) is 0 Å². The molecule has 2 fully saturated rings. The van der Waals surface area contributed by atoms with Gasteiger partial charge < -0.3 is 19.1 Å². The van der Waals surface area contributed by atoms with Crippen molar-refractivity contribution in [3.8, 4) is 0 Å². The van der Waals surface area contributed by atoms with E-state index in [9.17, 15) is 14.7 Å². The fraction of sp³-hybridized carbons (Fsp3) is 0.467. The van der Waals surface area contributed by atoms with E-state index in [0.717, 1.165) is 42.3 Å². The largest absolute Gasteiger partial charge is 0.466 e. The molecule has 6 nitrogen and oxygen atoms in total. The number of rotatable bonds is 10. The minimum atomic E-state index is -1.77. The lowest BCUT2D eigenvalue weighted by molar-refractivity contribution is -0.961. The highest BCUT2D eigenvalue weighted by Crippen LogP contribution is 2.44. The quantitative estimate of drug-likeness (QED) is 0.268. The molecule has 2 aliphatic heterocycles. The molecule has 2 aliphatic rings. The zero-order valence-corrected chi connectivity index (χ0v) is 23.6. The highest BCUT2D eigenvalue weighted by molar-refractivity contribution is 7.08. The number of ether oxygens (including phenoxy) is 2. The molecule has 0 radical (unpaired) electrons. The zero-order chi connectivity index (χ0) is 26.8. The van der Waals surface area contributed by atoms with Crippen LogP contribution in [0, 0.1) is 0 Å². The van der Waals surface area contributed by atoms with Gasteiger partial charge in [0, 0.05) is 48.8 Å². The van der Waals surface area contributed by atoms with Crippen molar-refractivity contribution < 1.29 is 28.7 Å². The number of fused-ring (bicyclic) bond motifs is 2. The number of aliphatic hydroxyl groups is 1. The lowest BCUT2D eigenvalue weighted by Crippen LogP contribution is -2.58. The summed E-state index contributed by atoms with van der Waals surface area (Å²) in [5.74, 6) is -0.730. The van der Waals surface area contributed by atoms with Crippen LogP contribution in [0.3, 0.4) is 0 Å². The Kier molecular flexibility index (Phi) is 8.05. The summed E-state index contributed by atoms with van der Waals surface area (Å²) < 4.78 is 12.1. The standard InChI is InChI=1S/C30H36NO5S2/c1-3-35-28(32)11-8-21-4-6-22(7-5-21)18-31(2)25-9-10-26(31)17-27(16-25)36-29(33)30(34,23-12-14-37-19-23)24-13-15-38-20-24/h4-7,12-15,19-20,25-27,34H,3,8-11,16-18H2,1-2H3/q+1/t25-,26+,27?,31?. The molecule has 202 valence electrons. The van der Waals surface area contributed by atoms with Crippen LogP contribution < -0.4 is 0 Å². The molecule has 2 unspecified atom stereocenters. The Balaban J connectivity index is 1.23. The molecule has 0 spiro atoms. The highest BCUT2D eigenvalue weighted by Gasteiger charge is 2.53. The van der Waals surface area contributed by atoms with E-state index < -0.39 is 11.6 Å². The Bertz CT molecular complexity index is 1170. The second-order valence-corrected chi connectivity index (χ2v) is 12.3. The molecule has 1 aromatic carbocycles. The van der Waals surface area contributed by atoms with Gasteiger partial charge in [0.05, 0.1) is 25.7 Å². The lowest BCUT2D eigenvalue weighted by Gasteiger charge is -2.47. The number of aryl methyl sites for hydroxylation is 1. The Morgan fingerprint density at radius 2 is 1.55 bits per heavy atom. The van der Waals surface area contributed by atoms with Crippen molar-refractivity contribution in [2.45, 2.75) is 75.8 Å². The van der Waals surface area contributed by atoms with E-state index >= 15 is 0 Å². The van der Waals surface area contributed by atoms with Gasteiger partial charge in [0.2, 0.25) is 5.60 Å². The predicted molar refractivity (Wildman–Crippen MR) is 149 cm³/mol. The van der Waals surface area contributed by atoms with Gasteiger partial charge in [-0.25, -0.2) is 4.79 Å². The van der Waals surface area contributed by atoms with Gasteiger partial charge in [0.25, 0.3) is 0 Å². The Labute approximate surface area is 232 Å². The molecule has 8 heteroatoms. The van der Waals surface area contributed by atoms with Crippen molar-refractivity contribution in [1.82, 2.24) is 0 Å². The third kappa shape index (κ3) is 5.32. The molecule has 5 rings (SSSR count).